The molecule has 0 N–H and O–H groups in total. The van der Waals surface area contributed by atoms with Crippen LogP contribution in [0.1, 0.15) is 22.3 Å². The van der Waals surface area contributed by atoms with Gasteiger partial charge in [0.1, 0.15) is 6.26 Å². The Hall–Kier alpha value is -2.08. The van der Waals surface area contributed by atoms with E-state index in [1.165, 1.54) is 12.5 Å². The molecule has 2 aromatic rings. The molecular formula is C16H18N2O3S. The number of hydrogen-bond acceptors (Lipinski definition) is 4. The van der Waals surface area contributed by atoms with Crippen molar-refractivity contribution >= 4 is 23.2 Å². The van der Waals surface area contributed by atoms with Gasteiger partial charge in [-0.05, 0) is 34.9 Å². The summed E-state index contributed by atoms with van der Waals surface area (Å²) in [6.45, 7) is 2.54. The summed E-state index contributed by atoms with van der Waals surface area (Å²) in [6.07, 6.45) is 4.21. The molecule has 5 nitrogen and oxygen atoms in total. The van der Waals surface area contributed by atoms with E-state index < -0.39 is 0 Å². The molecule has 6 heteroatoms. The van der Waals surface area contributed by atoms with Gasteiger partial charge in [-0.3, -0.25) is 9.59 Å². The molecule has 1 saturated heterocycles. The van der Waals surface area contributed by atoms with E-state index in [1.54, 1.807) is 22.3 Å². The van der Waals surface area contributed by atoms with Crippen LogP contribution in [0.15, 0.2) is 39.8 Å². The van der Waals surface area contributed by atoms with Gasteiger partial charge in [-0.1, -0.05) is 0 Å². The van der Waals surface area contributed by atoms with Crippen LogP contribution in [0.25, 0.3) is 0 Å². The Bertz CT molecular complexity index is 622. The molecule has 0 aliphatic carbocycles. The normalized spacial score (nSPS) is 15.6. The van der Waals surface area contributed by atoms with Crippen molar-refractivity contribution in [2.24, 2.45) is 0 Å². The minimum absolute atomic E-state index is 0.0270. The number of carbonyl (C=O) groups is 2. The maximum atomic E-state index is 12.3. The second-order valence-electron chi connectivity index (χ2n) is 5.35. The first-order valence-corrected chi connectivity index (χ1v) is 8.28. The van der Waals surface area contributed by atoms with Crippen molar-refractivity contribution < 1.29 is 14.0 Å². The zero-order valence-corrected chi connectivity index (χ0v) is 13.1. The number of furan rings is 1. The second kappa shape index (κ2) is 6.79. The second-order valence-corrected chi connectivity index (χ2v) is 6.13. The number of thiophene rings is 1. The van der Waals surface area contributed by atoms with E-state index in [0.717, 1.165) is 12.0 Å². The highest BCUT2D eigenvalue weighted by molar-refractivity contribution is 7.08. The topological polar surface area (TPSA) is 53.8 Å². The highest BCUT2D eigenvalue weighted by atomic mass is 32.1. The summed E-state index contributed by atoms with van der Waals surface area (Å²) in [5, 5.41) is 3.99. The molecule has 2 amide bonds. The first kappa shape index (κ1) is 14.8. The highest BCUT2D eigenvalue weighted by Gasteiger charge is 2.23. The Morgan fingerprint density at radius 3 is 2.68 bits per heavy atom. The summed E-state index contributed by atoms with van der Waals surface area (Å²) in [5.41, 5.74) is 1.63. The summed E-state index contributed by atoms with van der Waals surface area (Å²) < 4.78 is 4.96. The molecule has 0 aromatic carbocycles. The average Bonchev–Trinajstić information content (AvgIpc) is 3.16. The Balaban J connectivity index is 1.57. The number of carbonyl (C=O) groups excluding carboxylic acids is 2. The third kappa shape index (κ3) is 3.39. The van der Waals surface area contributed by atoms with Gasteiger partial charge in [0.25, 0.3) is 5.91 Å². The first-order chi connectivity index (χ1) is 10.7. The summed E-state index contributed by atoms with van der Waals surface area (Å²) >= 11 is 1.60. The predicted octanol–water partition coefficient (Wildman–Crippen LogP) is 2.26. The Kier molecular flexibility index (Phi) is 4.58. The molecule has 3 heterocycles. The minimum Gasteiger partial charge on any atom is -0.472 e. The molecule has 0 unspecified atom stereocenters. The molecule has 1 aliphatic rings. The predicted molar refractivity (Wildman–Crippen MR) is 83.8 cm³/mol. The fourth-order valence-electron chi connectivity index (χ4n) is 2.62. The monoisotopic (exact) mass is 318 g/mol. The molecule has 22 heavy (non-hydrogen) atoms. The maximum absolute atomic E-state index is 12.3. The van der Waals surface area contributed by atoms with Gasteiger partial charge in [-0.15, -0.1) is 0 Å². The van der Waals surface area contributed by atoms with Gasteiger partial charge in [-0.25, -0.2) is 0 Å². The van der Waals surface area contributed by atoms with Crippen LogP contribution in [0.4, 0.5) is 0 Å². The van der Waals surface area contributed by atoms with Gasteiger partial charge in [0.15, 0.2) is 0 Å². The van der Waals surface area contributed by atoms with Crippen LogP contribution in [-0.4, -0.2) is 47.8 Å². The van der Waals surface area contributed by atoms with Crippen LogP contribution in [0, 0.1) is 0 Å². The van der Waals surface area contributed by atoms with E-state index in [0.29, 0.717) is 38.2 Å². The Labute approximate surface area is 133 Å². The van der Waals surface area contributed by atoms with E-state index in [1.807, 2.05) is 21.7 Å². The number of rotatable bonds is 3. The largest absolute Gasteiger partial charge is 0.472 e. The van der Waals surface area contributed by atoms with Gasteiger partial charge in [0, 0.05) is 26.2 Å². The van der Waals surface area contributed by atoms with E-state index in [9.17, 15) is 9.59 Å². The molecule has 0 bridgehead atoms. The molecule has 1 aliphatic heterocycles. The van der Waals surface area contributed by atoms with Crippen molar-refractivity contribution in [3.8, 4) is 0 Å². The molecule has 1 fully saturated rings. The van der Waals surface area contributed by atoms with E-state index in [2.05, 4.69) is 0 Å². The first-order valence-electron chi connectivity index (χ1n) is 7.34. The lowest BCUT2D eigenvalue weighted by Gasteiger charge is -2.21. The lowest BCUT2D eigenvalue weighted by Crippen LogP contribution is -2.37. The van der Waals surface area contributed by atoms with Crippen LogP contribution < -0.4 is 0 Å². The molecular weight excluding hydrogens is 300 g/mol. The van der Waals surface area contributed by atoms with Gasteiger partial charge in [0.2, 0.25) is 5.91 Å². The molecule has 0 saturated carbocycles. The smallest absolute Gasteiger partial charge is 0.257 e. The molecule has 3 rings (SSSR count). The molecule has 0 radical (unpaired) electrons. The summed E-state index contributed by atoms with van der Waals surface area (Å²) in [7, 11) is 0. The lowest BCUT2D eigenvalue weighted by atomic mass is 10.2. The van der Waals surface area contributed by atoms with Crippen LogP contribution in [0.3, 0.4) is 0 Å². The third-order valence-corrected chi connectivity index (χ3v) is 4.57. The van der Waals surface area contributed by atoms with Gasteiger partial charge in [-0.2, -0.15) is 11.3 Å². The number of hydrogen-bond donors (Lipinski definition) is 0. The van der Waals surface area contributed by atoms with Gasteiger partial charge >= 0.3 is 0 Å². The zero-order valence-electron chi connectivity index (χ0n) is 12.2. The van der Waals surface area contributed by atoms with Crippen LogP contribution >= 0.6 is 11.3 Å². The van der Waals surface area contributed by atoms with Gasteiger partial charge in [0.05, 0.1) is 18.2 Å². The summed E-state index contributed by atoms with van der Waals surface area (Å²) in [6, 6.07) is 3.65. The number of amides is 2. The quantitative estimate of drug-likeness (QED) is 0.872. The fourth-order valence-corrected chi connectivity index (χ4v) is 3.29. The maximum Gasteiger partial charge on any atom is 0.257 e. The average molecular weight is 318 g/mol. The molecule has 116 valence electrons. The van der Waals surface area contributed by atoms with Gasteiger partial charge < -0.3 is 14.2 Å². The Morgan fingerprint density at radius 1 is 1.14 bits per heavy atom. The summed E-state index contributed by atoms with van der Waals surface area (Å²) in [5.74, 6) is 0.108. The van der Waals surface area contributed by atoms with E-state index in [-0.39, 0.29) is 11.8 Å². The SMILES string of the molecule is O=C(Cc1ccsc1)N1CCCN(C(=O)c2ccoc2)CC1. The van der Waals surface area contributed by atoms with Crippen molar-refractivity contribution in [2.45, 2.75) is 12.8 Å². The fraction of sp³-hybridized carbons (Fsp3) is 0.375. The van der Waals surface area contributed by atoms with Crippen molar-refractivity contribution in [3.05, 3.63) is 46.5 Å². The van der Waals surface area contributed by atoms with Crippen molar-refractivity contribution in [1.82, 2.24) is 9.80 Å². The van der Waals surface area contributed by atoms with Crippen molar-refractivity contribution in [2.75, 3.05) is 26.2 Å². The Morgan fingerprint density at radius 2 is 1.95 bits per heavy atom. The lowest BCUT2D eigenvalue weighted by molar-refractivity contribution is -0.130. The standard InChI is InChI=1S/C16H18N2O3S/c19-15(10-13-3-9-22-12-13)17-4-1-5-18(7-6-17)16(20)14-2-8-21-11-14/h2-3,8-9,11-12H,1,4-7,10H2. The summed E-state index contributed by atoms with van der Waals surface area (Å²) in [4.78, 5) is 28.3. The molecule has 0 atom stereocenters. The molecule has 2 aromatic heterocycles. The third-order valence-electron chi connectivity index (χ3n) is 3.84. The zero-order chi connectivity index (χ0) is 15.4. The van der Waals surface area contributed by atoms with Crippen LogP contribution in [0.5, 0.6) is 0 Å². The van der Waals surface area contributed by atoms with E-state index in [4.69, 9.17) is 4.42 Å². The van der Waals surface area contributed by atoms with Crippen molar-refractivity contribution in [1.29, 1.82) is 0 Å². The van der Waals surface area contributed by atoms with Crippen LogP contribution in [-0.2, 0) is 11.2 Å². The number of nitrogens with zero attached hydrogens (tertiary/aromatic N) is 2. The minimum atomic E-state index is -0.0270. The highest BCUT2D eigenvalue weighted by Crippen LogP contribution is 2.12. The van der Waals surface area contributed by atoms with E-state index >= 15 is 0 Å². The van der Waals surface area contributed by atoms with Crippen molar-refractivity contribution in [3.63, 3.8) is 0 Å². The molecule has 0 spiro atoms. The van der Waals surface area contributed by atoms with Crippen LogP contribution in [0.2, 0.25) is 0 Å².